The van der Waals surface area contributed by atoms with Gasteiger partial charge < -0.3 is 9.73 Å². The summed E-state index contributed by atoms with van der Waals surface area (Å²) in [5, 5.41) is 14.1. The highest BCUT2D eigenvalue weighted by Crippen LogP contribution is 2.36. The Bertz CT molecular complexity index is 1170. The molecule has 0 spiro atoms. The molecule has 1 N–H and O–H groups in total. The molecule has 0 bridgehead atoms. The van der Waals surface area contributed by atoms with Crippen molar-refractivity contribution in [2.24, 2.45) is 0 Å². The van der Waals surface area contributed by atoms with Crippen molar-refractivity contribution in [1.82, 2.24) is 15.2 Å². The summed E-state index contributed by atoms with van der Waals surface area (Å²) in [6, 6.07) is 15.6. The van der Waals surface area contributed by atoms with Crippen LogP contribution < -0.4 is 5.32 Å². The van der Waals surface area contributed by atoms with Crippen LogP contribution in [0.1, 0.15) is 38.5 Å². The molecule has 2 aromatic heterocycles. The second-order valence-corrected chi connectivity index (χ2v) is 9.39. The Morgan fingerprint density at radius 3 is 2.52 bits per heavy atom. The summed E-state index contributed by atoms with van der Waals surface area (Å²) in [6.07, 6.45) is 0.475. The number of rotatable bonds is 7. The van der Waals surface area contributed by atoms with Gasteiger partial charge in [0.25, 0.3) is 5.22 Å². The maximum absolute atomic E-state index is 13.2. The smallest absolute Gasteiger partial charge is 0.277 e. The Kier molecular flexibility index (Phi) is 6.48. The zero-order chi connectivity index (χ0) is 21.8. The quantitative estimate of drug-likeness (QED) is 0.374. The number of nitrogens with zero attached hydrogens (tertiary/aromatic N) is 3. The van der Waals surface area contributed by atoms with Crippen LogP contribution in [0.15, 0.2) is 63.6 Å². The molecule has 1 unspecified atom stereocenters. The molecule has 4 rings (SSSR count). The van der Waals surface area contributed by atoms with Gasteiger partial charge in [-0.3, -0.25) is 4.79 Å². The van der Waals surface area contributed by atoms with Gasteiger partial charge in [0.1, 0.15) is 5.25 Å². The zero-order valence-corrected chi connectivity index (χ0v) is 19.1. The van der Waals surface area contributed by atoms with E-state index in [1.807, 2.05) is 68.6 Å². The van der Waals surface area contributed by atoms with Crippen molar-refractivity contribution < 1.29 is 9.21 Å². The third-order valence-electron chi connectivity index (χ3n) is 4.50. The van der Waals surface area contributed by atoms with Gasteiger partial charge in [-0.25, -0.2) is 4.98 Å². The lowest BCUT2D eigenvalue weighted by Gasteiger charge is -2.16. The molecular weight excluding hydrogens is 428 g/mol. The Labute approximate surface area is 189 Å². The number of carbonyl (C=O) groups is 1. The molecule has 4 aromatic rings. The topological polar surface area (TPSA) is 80.9 Å². The maximum Gasteiger partial charge on any atom is 0.277 e. The molecule has 0 radical (unpaired) electrons. The highest BCUT2D eigenvalue weighted by atomic mass is 32.2. The van der Waals surface area contributed by atoms with E-state index in [0.717, 1.165) is 33.1 Å². The monoisotopic (exact) mass is 450 g/mol. The van der Waals surface area contributed by atoms with Gasteiger partial charge in [-0.15, -0.1) is 21.5 Å². The second-order valence-electron chi connectivity index (χ2n) is 7.27. The van der Waals surface area contributed by atoms with E-state index in [1.54, 1.807) is 11.3 Å². The minimum atomic E-state index is -0.531. The fraction of sp³-hybridized carbons (Fsp3) is 0.217. The Hall–Kier alpha value is -2.97. The van der Waals surface area contributed by atoms with E-state index in [2.05, 4.69) is 26.6 Å². The van der Waals surface area contributed by atoms with E-state index in [4.69, 9.17) is 4.42 Å². The first-order valence-electron chi connectivity index (χ1n) is 9.80. The molecule has 0 aliphatic rings. The average Bonchev–Trinajstić information content (AvgIpc) is 3.34. The highest BCUT2D eigenvalue weighted by molar-refractivity contribution is 8.00. The summed E-state index contributed by atoms with van der Waals surface area (Å²) < 4.78 is 5.81. The molecule has 158 valence electrons. The molecule has 0 saturated carbocycles. The van der Waals surface area contributed by atoms with Crippen molar-refractivity contribution in [2.75, 3.05) is 5.32 Å². The minimum absolute atomic E-state index is 0.143. The average molecular weight is 451 g/mol. The summed E-state index contributed by atoms with van der Waals surface area (Å²) in [4.78, 5) is 17.6. The molecule has 31 heavy (non-hydrogen) atoms. The van der Waals surface area contributed by atoms with Gasteiger partial charge >= 0.3 is 0 Å². The van der Waals surface area contributed by atoms with Gasteiger partial charge in [-0.2, -0.15) is 0 Å². The number of hydrogen-bond acceptors (Lipinski definition) is 7. The number of hydrogen-bond donors (Lipinski definition) is 1. The molecule has 0 aliphatic heterocycles. The van der Waals surface area contributed by atoms with Crippen LogP contribution in [0.25, 0.3) is 0 Å². The first-order valence-corrected chi connectivity index (χ1v) is 11.6. The van der Waals surface area contributed by atoms with Crippen molar-refractivity contribution in [2.45, 2.75) is 37.7 Å². The van der Waals surface area contributed by atoms with Crippen LogP contribution in [0.4, 0.5) is 5.69 Å². The summed E-state index contributed by atoms with van der Waals surface area (Å²) in [5.41, 5.74) is 4.73. The Morgan fingerprint density at radius 2 is 1.84 bits per heavy atom. The van der Waals surface area contributed by atoms with Crippen molar-refractivity contribution in [3.8, 4) is 0 Å². The van der Waals surface area contributed by atoms with E-state index in [0.29, 0.717) is 17.5 Å². The number of aryl methyl sites for hydroxylation is 3. The molecular formula is C23H22N4O2S2. The van der Waals surface area contributed by atoms with Gasteiger partial charge in [0.15, 0.2) is 0 Å². The zero-order valence-electron chi connectivity index (χ0n) is 17.5. The van der Waals surface area contributed by atoms with E-state index in [-0.39, 0.29) is 5.91 Å². The minimum Gasteiger partial charge on any atom is -0.416 e. The number of carbonyl (C=O) groups excluding carboxylic acids is 1. The van der Waals surface area contributed by atoms with E-state index in [9.17, 15) is 4.79 Å². The largest absolute Gasteiger partial charge is 0.416 e. The first-order chi connectivity index (χ1) is 15.0. The predicted octanol–water partition coefficient (Wildman–Crippen LogP) is 5.51. The number of aromatic nitrogens is 3. The van der Waals surface area contributed by atoms with Crippen LogP contribution in [0.5, 0.6) is 0 Å². The molecule has 0 saturated heterocycles. The van der Waals surface area contributed by atoms with Gasteiger partial charge in [0, 0.05) is 11.1 Å². The van der Waals surface area contributed by atoms with E-state index >= 15 is 0 Å². The number of anilines is 1. The second kappa shape index (κ2) is 9.45. The Balaban J connectivity index is 1.54. The van der Waals surface area contributed by atoms with Crippen LogP contribution in [0.3, 0.4) is 0 Å². The maximum atomic E-state index is 13.2. The van der Waals surface area contributed by atoms with Gasteiger partial charge in [0.2, 0.25) is 11.8 Å². The number of thioether (sulfide) groups is 1. The van der Waals surface area contributed by atoms with Gasteiger partial charge in [0.05, 0.1) is 17.1 Å². The standard InChI is InChI=1S/C23H22N4O2S2/c1-14-9-15(2)11-18(10-14)25-22(28)21(17-7-5-4-6-8-17)31-23-27-26-20(29-23)12-19-13-30-16(3)24-19/h4-11,13,21H,12H2,1-3H3,(H,25,28). The van der Waals surface area contributed by atoms with E-state index < -0.39 is 5.25 Å². The fourth-order valence-corrected chi connectivity index (χ4v) is 4.76. The third kappa shape index (κ3) is 5.59. The van der Waals surface area contributed by atoms with Crippen LogP contribution >= 0.6 is 23.1 Å². The lowest BCUT2D eigenvalue weighted by atomic mass is 10.1. The first kappa shape index (κ1) is 21.3. The molecule has 2 aromatic carbocycles. The molecule has 1 atom stereocenters. The van der Waals surface area contributed by atoms with Crippen LogP contribution in [-0.4, -0.2) is 21.1 Å². The SMILES string of the molecule is Cc1cc(C)cc(NC(=O)C(Sc2nnc(Cc3csc(C)n3)o2)c2ccccc2)c1. The summed E-state index contributed by atoms with van der Waals surface area (Å²) in [7, 11) is 0. The molecule has 0 fully saturated rings. The van der Waals surface area contributed by atoms with Crippen molar-refractivity contribution in [1.29, 1.82) is 0 Å². The van der Waals surface area contributed by atoms with Gasteiger partial charge in [-0.05, 0) is 61.4 Å². The molecule has 8 heteroatoms. The van der Waals surface area contributed by atoms with E-state index in [1.165, 1.54) is 11.8 Å². The molecule has 2 heterocycles. The Morgan fingerprint density at radius 1 is 1.10 bits per heavy atom. The number of amides is 1. The molecule has 0 aliphatic carbocycles. The number of nitrogens with one attached hydrogen (secondary N) is 1. The lowest BCUT2D eigenvalue weighted by Crippen LogP contribution is -2.19. The van der Waals surface area contributed by atoms with Crippen LogP contribution in [0.2, 0.25) is 0 Å². The van der Waals surface area contributed by atoms with Crippen molar-refractivity contribution in [3.63, 3.8) is 0 Å². The summed E-state index contributed by atoms with van der Waals surface area (Å²) in [6.45, 7) is 5.98. The van der Waals surface area contributed by atoms with Crippen LogP contribution in [0, 0.1) is 20.8 Å². The number of thiazole rings is 1. The molecule has 1 amide bonds. The highest BCUT2D eigenvalue weighted by Gasteiger charge is 2.25. The summed E-state index contributed by atoms with van der Waals surface area (Å²) in [5.74, 6) is 0.338. The van der Waals surface area contributed by atoms with Crippen molar-refractivity contribution >= 4 is 34.7 Å². The fourth-order valence-electron chi connectivity index (χ4n) is 3.26. The molecule has 6 nitrogen and oxygen atoms in total. The number of benzene rings is 2. The van der Waals surface area contributed by atoms with Crippen molar-refractivity contribution in [3.05, 3.63) is 87.2 Å². The van der Waals surface area contributed by atoms with Gasteiger partial charge in [-0.1, -0.05) is 36.4 Å². The normalized spacial score (nSPS) is 12.0. The summed E-state index contributed by atoms with van der Waals surface area (Å²) >= 11 is 2.83. The lowest BCUT2D eigenvalue weighted by molar-refractivity contribution is -0.115. The predicted molar refractivity (Wildman–Crippen MR) is 124 cm³/mol. The third-order valence-corrected chi connectivity index (χ3v) is 6.41. The van der Waals surface area contributed by atoms with Crippen LogP contribution in [-0.2, 0) is 11.2 Å².